The first-order chi connectivity index (χ1) is 13.9. The number of benzene rings is 1. The number of carbonyl (C=O) groups excluding carboxylic acids is 2. The maximum absolute atomic E-state index is 13.0. The second kappa shape index (κ2) is 7.95. The summed E-state index contributed by atoms with van der Waals surface area (Å²) in [5.41, 5.74) is 0.325. The Morgan fingerprint density at radius 1 is 0.966 bits per heavy atom. The van der Waals surface area contributed by atoms with Crippen LogP contribution in [0, 0.1) is 5.92 Å². The average molecular weight is 422 g/mol. The highest BCUT2D eigenvalue weighted by atomic mass is 32.2. The second-order valence-corrected chi connectivity index (χ2v) is 9.77. The van der Waals surface area contributed by atoms with E-state index >= 15 is 0 Å². The number of ether oxygens (including phenoxy) is 1. The summed E-state index contributed by atoms with van der Waals surface area (Å²) in [5.74, 6) is 0.398. The van der Waals surface area contributed by atoms with Gasteiger partial charge in [-0.3, -0.25) is 9.59 Å². The second-order valence-electron chi connectivity index (χ2n) is 7.87. The molecule has 0 spiro atoms. The number of methoxy groups -OCH3 is 1. The largest absolute Gasteiger partial charge is 0.495 e. The Hall–Kier alpha value is -2.13. The molecule has 0 aromatic heterocycles. The lowest BCUT2D eigenvalue weighted by Crippen LogP contribution is -2.51. The normalized spacial score (nSPS) is 20.7. The van der Waals surface area contributed by atoms with E-state index in [0.29, 0.717) is 44.8 Å². The molecule has 0 atom stereocenters. The van der Waals surface area contributed by atoms with Gasteiger partial charge in [0.2, 0.25) is 15.9 Å². The van der Waals surface area contributed by atoms with E-state index in [-0.39, 0.29) is 28.4 Å². The van der Waals surface area contributed by atoms with Crippen LogP contribution in [0.4, 0.5) is 0 Å². The molecule has 9 heteroatoms. The smallest absolute Gasteiger partial charge is 0.254 e. The first-order valence-corrected chi connectivity index (χ1v) is 11.6. The van der Waals surface area contributed by atoms with Gasteiger partial charge in [-0.1, -0.05) is 0 Å². The first kappa shape index (κ1) is 20.2. The Kier molecular flexibility index (Phi) is 5.52. The van der Waals surface area contributed by atoms with E-state index in [1.807, 2.05) is 4.90 Å². The minimum absolute atomic E-state index is 0.0373. The van der Waals surface area contributed by atoms with E-state index in [1.165, 1.54) is 17.5 Å². The topological polar surface area (TPSA) is 87.2 Å². The van der Waals surface area contributed by atoms with E-state index < -0.39 is 10.0 Å². The fourth-order valence-electron chi connectivity index (χ4n) is 3.98. The summed E-state index contributed by atoms with van der Waals surface area (Å²) in [5, 5.41) is 0. The third-order valence-electron chi connectivity index (χ3n) is 5.90. The van der Waals surface area contributed by atoms with Crippen molar-refractivity contribution < 1.29 is 22.7 Å². The monoisotopic (exact) mass is 421 g/mol. The van der Waals surface area contributed by atoms with Crippen LogP contribution >= 0.6 is 0 Å². The number of nitrogens with zero attached hydrogens (tertiary/aromatic N) is 3. The van der Waals surface area contributed by atoms with Crippen LogP contribution in [0.25, 0.3) is 0 Å². The van der Waals surface area contributed by atoms with Gasteiger partial charge in [0.15, 0.2) is 0 Å². The summed E-state index contributed by atoms with van der Waals surface area (Å²) >= 11 is 0. The fourth-order valence-corrected chi connectivity index (χ4v) is 5.68. The zero-order valence-electron chi connectivity index (χ0n) is 16.7. The number of hydrogen-bond donors (Lipinski definition) is 0. The molecule has 158 valence electrons. The molecule has 0 N–H and O–H groups in total. The molecule has 29 heavy (non-hydrogen) atoms. The third-order valence-corrected chi connectivity index (χ3v) is 7.82. The summed E-state index contributed by atoms with van der Waals surface area (Å²) in [6, 6.07) is 4.57. The van der Waals surface area contributed by atoms with E-state index in [4.69, 9.17) is 4.74 Å². The number of sulfonamides is 1. The first-order valence-electron chi connectivity index (χ1n) is 10.2. The number of carbonyl (C=O) groups is 2. The van der Waals surface area contributed by atoms with Gasteiger partial charge in [-0.2, -0.15) is 4.31 Å². The Labute approximate surface area is 171 Å². The average Bonchev–Trinajstić information content (AvgIpc) is 3.44. The molecule has 2 saturated heterocycles. The summed E-state index contributed by atoms with van der Waals surface area (Å²) in [6.45, 7) is 2.93. The molecular formula is C20H27N3O5S. The highest BCUT2D eigenvalue weighted by molar-refractivity contribution is 7.89. The zero-order valence-corrected chi connectivity index (χ0v) is 17.5. The molecule has 8 nitrogen and oxygen atoms in total. The van der Waals surface area contributed by atoms with Gasteiger partial charge in [0.25, 0.3) is 5.91 Å². The Balaban J connectivity index is 1.51. The van der Waals surface area contributed by atoms with Crippen molar-refractivity contribution in [3.05, 3.63) is 23.8 Å². The van der Waals surface area contributed by atoms with Gasteiger partial charge in [-0.25, -0.2) is 8.42 Å². The van der Waals surface area contributed by atoms with Crippen LogP contribution in [-0.4, -0.2) is 80.7 Å². The molecule has 4 rings (SSSR count). The molecule has 2 aliphatic heterocycles. The predicted molar refractivity (Wildman–Crippen MR) is 106 cm³/mol. The molecule has 0 bridgehead atoms. The fraction of sp³-hybridized carbons (Fsp3) is 0.600. The standard InChI is InChI=1S/C20H27N3O5S/c1-28-17-7-6-16(14-18(17)29(26,27)23-8-2-3-9-23)20(25)22-12-10-21(11-13-22)19(24)15-4-5-15/h6-7,14-15H,2-5,8-13H2,1H3. The summed E-state index contributed by atoms with van der Waals surface area (Å²) < 4.78 is 32.8. The van der Waals surface area contributed by atoms with Crippen LogP contribution in [0.2, 0.25) is 0 Å². The van der Waals surface area contributed by atoms with Crippen molar-refractivity contribution in [3.8, 4) is 5.75 Å². The van der Waals surface area contributed by atoms with Crippen LogP contribution in [0.1, 0.15) is 36.0 Å². The van der Waals surface area contributed by atoms with Crippen LogP contribution in [-0.2, 0) is 14.8 Å². The van der Waals surface area contributed by atoms with E-state index in [1.54, 1.807) is 17.0 Å². The maximum atomic E-state index is 13.0. The van der Waals surface area contributed by atoms with Gasteiger partial charge in [0.1, 0.15) is 10.6 Å². The van der Waals surface area contributed by atoms with Gasteiger partial charge in [0.05, 0.1) is 7.11 Å². The molecule has 1 aliphatic carbocycles. The van der Waals surface area contributed by atoms with Gasteiger partial charge in [-0.05, 0) is 43.9 Å². The zero-order chi connectivity index (χ0) is 20.6. The third kappa shape index (κ3) is 3.98. The minimum Gasteiger partial charge on any atom is -0.495 e. The number of hydrogen-bond acceptors (Lipinski definition) is 5. The molecular weight excluding hydrogens is 394 g/mol. The van der Waals surface area contributed by atoms with E-state index in [2.05, 4.69) is 0 Å². The lowest BCUT2D eigenvalue weighted by molar-refractivity contribution is -0.134. The summed E-state index contributed by atoms with van der Waals surface area (Å²) in [6.07, 6.45) is 3.62. The van der Waals surface area contributed by atoms with Crippen molar-refractivity contribution in [1.29, 1.82) is 0 Å². The molecule has 3 aliphatic rings. The Morgan fingerprint density at radius 2 is 1.59 bits per heavy atom. The van der Waals surface area contributed by atoms with Crippen molar-refractivity contribution >= 4 is 21.8 Å². The highest BCUT2D eigenvalue weighted by Gasteiger charge is 2.36. The predicted octanol–water partition coefficient (Wildman–Crippen LogP) is 1.17. The van der Waals surface area contributed by atoms with Crippen LogP contribution in [0.3, 0.4) is 0 Å². The molecule has 1 aromatic rings. The van der Waals surface area contributed by atoms with Gasteiger partial charge >= 0.3 is 0 Å². The lowest BCUT2D eigenvalue weighted by Gasteiger charge is -2.35. The quantitative estimate of drug-likeness (QED) is 0.712. The van der Waals surface area contributed by atoms with Crippen molar-refractivity contribution in [3.63, 3.8) is 0 Å². The Morgan fingerprint density at radius 3 is 2.17 bits per heavy atom. The lowest BCUT2D eigenvalue weighted by atomic mass is 10.1. The SMILES string of the molecule is COc1ccc(C(=O)N2CCN(C(=O)C3CC3)CC2)cc1S(=O)(=O)N1CCCC1. The van der Waals surface area contributed by atoms with Crippen molar-refractivity contribution in [2.75, 3.05) is 46.4 Å². The van der Waals surface area contributed by atoms with E-state index in [9.17, 15) is 18.0 Å². The number of amides is 2. The molecule has 2 heterocycles. The van der Waals surface area contributed by atoms with Crippen molar-refractivity contribution in [2.45, 2.75) is 30.6 Å². The van der Waals surface area contributed by atoms with Gasteiger partial charge in [0, 0.05) is 50.7 Å². The summed E-state index contributed by atoms with van der Waals surface area (Å²) in [4.78, 5) is 28.7. The Bertz CT molecular complexity index is 899. The summed E-state index contributed by atoms with van der Waals surface area (Å²) in [7, 11) is -2.28. The van der Waals surface area contributed by atoms with Gasteiger partial charge < -0.3 is 14.5 Å². The minimum atomic E-state index is -3.71. The van der Waals surface area contributed by atoms with Crippen LogP contribution in [0.15, 0.2) is 23.1 Å². The molecule has 0 radical (unpaired) electrons. The van der Waals surface area contributed by atoms with Crippen molar-refractivity contribution in [2.24, 2.45) is 5.92 Å². The van der Waals surface area contributed by atoms with Crippen LogP contribution < -0.4 is 4.74 Å². The molecule has 1 aromatic carbocycles. The highest BCUT2D eigenvalue weighted by Crippen LogP contribution is 2.32. The van der Waals surface area contributed by atoms with Crippen molar-refractivity contribution in [1.82, 2.24) is 14.1 Å². The van der Waals surface area contributed by atoms with Gasteiger partial charge in [-0.15, -0.1) is 0 Å². The number of rotatable bonds is 5. The molecule has 0 unspecified atom stereocenters. The number of piperazine rings is 1. The molecule has 2 amide bonds. The maximum Gasteiger partial charge on any atom is 0.254 e. The molecule has 3 fully saturated rings. The van der Waals surface area contributed by atoms with E-state index in [0.717, 1.165) is 25.7 Å². The molecule has 1 saturated carbocycles. The van der Waals surface area contributed by atoms with Crippen LogP contribution in [0.5, 0.6) is 5.75 Å².